The molecule has 0 bridgehead atoms. The number of amides is 1. The molecule has 8 nitrogen and oxygen atoms in total. The van der Waals surface area contributed by atoms with E-state index in [1.54, 1.807) is 18.0 Å². The molecule has 1 amide bonds. The molecule has 2 aliphatic rings. The van der Waals surface area contributed by atoms with Crippen LogP contribution in [0.1, 0.15) is 43.7 Å². The average molecular weight is 446 g/mol. The number of H-pyrrole nitrogens is 1. The first-order valence-electron chi connectivity index (χ1n) is 11.0. The van der Waals surface area contributed by atoms with Gasteiger partial charge in [0.1, 0.15) is 10.7 Å². The zero-order valence-corrected chi connectivity index (χ0v) is 18.2. The van der Waals surface area contributed by atoms with Crippen LogP contribution in [0.15, 0.2) is 58.7 Å². The Hall–Kier alpha value is -3.33. The van der Waals surface area contributed by atoms with Crippen molar-refractivity contribution in [3.05, 3.63) is 54.5 Å². The van der Waals surface area contributed by atoms with Gasteiger partial charge in [0.05, 0.1) is 0 Å². The van der Waals surface area contributed by atoms with E-state index in [2.05, 4.69) is 31.9 Å². The highest BCUT2D eigenvalue weighted by molar-refractivity contribution is 7.99. The van der Waals surface area contributed by atoms with Crippen LogP contribution in [0.25, 0.3) is 5.65 Å². The summed E-state index contributed by atoms with van der Waals surface area (Å²) in [4.78, 5) is 22.2. The van der Waals surface area contributed by atoms with E-state index in [0.29, 0.717) is 11.9 Å². The summed E-state index contributed by atoms with van der Waals surface area (Å²) >= 11 is 1.55. The molecule has 0 spiro atoms. The fraction of sp³-hybridized carbons (Fsp3) is 0.304. The fourth-order valence-corrected chi connectivity index (χ4v) is 4.61. The Labute approximate surface area is 189 Å². The number of hydrogen-bond donors (Lipinski definition) is 3. The summed E-state index contributed by atoms with van der Waals surface area (Å²) < 4.78 is 1.91. The van der Waals surface area contributed by atoms with Crippen molar-refractivity contribution in [3.8, 4) is 0 Å². The summed E-state index contributed by atoms with van der Waals surface area (Å²) in [6, 6.07) is 11.9. The summed E-state index contributed by atoms with van der Waals surface area (Å²) in [5, 5.41) is 14.7. The molecule has 0 atom stereocenters. The minimum Gasteiger partial charge on any atom is -0.326 e. The van der Waals surface area contributed by atoms with Gasteiger partial charge in [0, 0.05) is 52.6 Å². The molecular weight excluding hydrogens is 422 g/mol. The van der Waals surface area contributed by atoms with E-state index in [4.69, 9.17) is 4.98 Å². The number of nitrogens with zero attached hydrogens (tertiary/aromatic N) is 4. The Bertz CT molecular complexity index is 1270. The summed E-state index contributed by atoms with van der Waals surface area (Å²) in [6.07, 6.45) is 9.38. The quantitative estimate of drug-likeness (QED) is 0.348. The lowest BCUT2D eigenvalue weighted by Gasteiger charge is -2.23. The maximum absolute atomic E-state index is 11.9. The second-order valence-corrected chi connectivity index (χ2v) is 9.52. The number of benzene rings is 1. The maximum atomic E-state index is 11.9. The first kappa shape index (κ1) is 19.4. The molecule has 1 aromatic carbocycles. The first-order chi connectivity index (χ1) is 15.7. The van der Waals surface area contributed by atoms with Gasteiger partial charge in [0.25, 0.3) is 0 Å². The van der Waals surface area contributed by atoms with Gasteiger partial charge in [0.15, 0.2) is 5.82 Å². The second-order valence-electron chi connectivity index (χ2n) is 8.42. The smallest absolute Gasteiger partial charge is 0.227 e. The van der Waals surface area contributed by atoms with Gasteiger partial charge in [-0.3, -0.25) is 14.3 Å². The number of aromatic amines is 1. The van der Waals surface area contributed by atoms with Crippen LogP contribution in [-0.4, -0.2) is 30.5 Å². The van der Waals surface area contributed by atoms with E-state index in [-0.39, 0.29) is 11.8 Å². The van der Waals surface area contributed by atoms with Gasteiger partial charge >= 0.3 is 0 Å². The third kappa shape index (κ3) is 3.95. The first-order valence-corrected chi connectivity index (χ1v) is 11.8. The Balaban J connectivity index is 1.20. The predicted molar refractivity (Wildman–Crippen MR) is 123 cm³/mol. The minimum absolute atomic E-state index is 0.117. The van der Waals surface area contributed by atoms with Crippen molar-refractivity contribution in [3.63, 3.8) is 0 Å². The number of anilines is 3. The molecule has 9 heteroatoms. The van der Waals surface area contributed by atoms with Gasteiger partial charge in [-0.15, -0.1) is 0 Å². The molecule has 2 aliphatic carbocycles. The lowest BCUT2D eigenvalue weighted by molar-refractivity contribution is -0.117. The lowest BCUT2D eigenvalue weighted by atomic mass is 9.83. The van der Waals surface area contributed by atoms with Crippen molar-refractivity contribution in [2.45, 2.75) is 47.9 Å². The van der Waals surface area contributed by atoms with E-state index >= 15 is 0 Å². The summed E-state index contributed by atoms with van der Waals surface area (Å²) in [6.45, 7) is 0. The monoisotopic (exact) mass is 445 g/mol. The van der Waals surface area contributed by atoms with Crippen LogP contribution in [0.4, 0.5) is 17.5 Å². The molecule has 2 saturated carbocycles. The van der Waals surface area contributed by atoms with Gasteiger partial charge in [0.2, 0.25) is 11.9 Å². The highest BCUT2D eigenvalue weighted by Crippen LogP contribution is 2.36. The number of carbonyl (C=O) groups excluding carboxylic acids is 1. The number of aromatic nitrogens is 5. The molecule has 4 aromatic rings. The standard InChI is InChI=1S/C23H23N7OS/c31-22(15-4-5-15)25-16-6-8-17(9-7-16)32-21-13-20-24-10-11-30(20)23(27-21)26-19-12-18(28-29-19)14-2-1-3-14/h6-15H,1-5H2,(H,25,31)(H2,26,27,28,29). The molecule has 3 heterocycles. The van der Waals surface area contributed by atoms with Crippen molar-refractivity contribution in [2.75, 3.05) is 10.6 Å². The SMILES string of the molecule is O=C(Nc1ccc(Sc2cc3nccn3c(Nc3cc(C4CCC4)[nH]n3)n2)cc1)C1CC1. The van der Waals surface area contributed by atoms with Crippen LogP contribution in [0, 0.1) is 5.92 Å². The summed E-state index contributed by atoms with van der Waals surface area (Å²) in [7, 11) is 0. The van der Waals surface area contributed by atoms with Crippen LogP contribution < -0.4 is 10.6 Å². The van der Waals surface area contributed by atoms with Crippen molar-refractivity contribution in [1.29, 1.82) is 0 Å². The minimum atomic E-state index is 0.117. The van der Waals surface area contributed by atoms with E-state index in [1.807, 2.05) is 40.9 Å². The summed E-state index contributed by atoms with van der Waals surface area (Å²) in [5.41, 5.74) is 2.82. The Kier molecular flexibility index (Phi) is 4.83. The van der Waals surface area contributed by atoms with Crippen molar-refractivity contribution < 1.29 is 4.79 Å². The van der Waals surface area contributed by atoms with Crippen LogP contribution in [0.2, 0.25) is 0 Å². The van der Waals surface area contributed by atoms with Crippen LogP contribution in [0.5, 0.6) is 0 Å². The normalized spacial score (nSPS) is 16.1. The highest BCUT2D eigenvalue weighted by Gasteiger charge is 2.29. The third-order valence-electron chi connectivity index (χ3n) is 6.04. The Morgan fingerprint density at radius 1 is 1.12 bits per heavy atom. The van der Waals surface area contributed by atoms with Crippen LogP contribution >= 0.6 is 11.8 Å². The Morgan fingerprint density at radius 2 is 1.97 bits per heavy atom. The number of imidazole rings is 1. The molecular formula is C23H23N7OS. The maximum Gasteiger partial charge on any atom is 0.227 e. The molecule has 6 rings (SSSR count). The predicted octanol–water partition coefficient (Wildman–Crippen LogP) is 4.96. The van der Waals surface area contributed by atoms with Gasteiger partial charge in [-0.25, -0.2) is 9.97 Å². The van der Waals surface area contributed by atoms with Gasteiger partial charge in [-0.2, -0.15) is 5.10 Å². The summed E-state index contributed by atoms with van der Waals surface area (Å²) in [5.74, 6) is 2.33. The highest BCUT2D eigenvalue weighted by atomic mass is 32.2. The molecule has 0 radical (unpaired) electrons. The van der Waals surface area contributed by atoms with Gasteiger partial charge in [-0.1, -0.05) is 18.2 Å². The van der Waals surface area contributed by atoms with E-state index in [1.165, 1.54) is 25.0 Å². The number of fused-ring (bicyclic) bond motifs is 1. The molecule has 3 aromatic heterocycles. The van der Waals surface area contributed by atoms with Crippen molar-refractivity contribution in [1.82, 2.24) is 24.6 Å². The lowest BCUT2D eigenvalue weighted by Crippen LogP contribution is -2.12. The van der Waals surface area contributed by atoms with Crippen molar-refractivity contribution >= 4 is 40.8 Å². The van der Waals surface area contributed by atoms with Crippen LogP contribution in [0.3, 0.4) is 0 Å². The molecule has 162 valence electrons. The van der Waals surface area contributed by atoms with Gasteiger partial charge < -0.3 is 10.6 Å². The van der Waals surface area contributed by atoms with E-state index in [9.17, 15) is 4.79 Å². The third-order valence-corrected chi connectivity index (χ3v) is 6.97. The molecule has 3 N–H and O–H groups in total. The topological polar surface area (TPSA) is 100 Å². The largest absolute Gasteiger partial charge is 0.326 e. The zero-order chi connectivity index (χ0) is 21.5. The number of rotatable bonds is 7. The van der Waals surface area contributed by atoms with Crippen molar-refractivity contribution in [2.24, 2.45) is 5.92 Å². The second kappa shape index (κ2) is 7.98. The Morgan fingerprint density at radius 3 is 2.72 bits per heavy atom. The number of hydrogen-bond acceptors (Lipinski definition) is 6. The number of carbonyl (C=O) groups is 1. The average Bonchev–Trinajstić information content (AvgIpc) is 3.34. The number of nitrogens with one attached hydrogen (secondary N) is 3. The van der Waals surface area contributed by atoms with Crippen LogP contribution in [-0.2, 0) is 4.79 Å². The van der Waals surface area contributed by atoms with E-state index < -0.39 is 0 Å². The molecule has 0 aliphatic heterocycles. The molecule has 0 saturated heterocycles. The molecule has 32 heavy (non-hydrogen) atoms. The molecule has 2 fully saturated rings. The zero-order valence-electron chi connectivity index (χ0n) is 17.4. The molecule has 0 unspecified atom stereocenters. The van der Waals surface area contributed by atoms with Gasteiger partial charge in [-0.05, 0) is 49.9 Å². The van der Waals surface area contributed by atoms with E-state index in [0.717, 1.165) is 39.9 Å². The fourth-order valence-electron chi connectivity index (χ4n) is 3.80.